The summed E-state index contributed by atoms with van der Waals surface area (Å²) in [6.45, 7) is 1.28. The van der Waals surface area contributed by atoms with Gasteiger partial charge in [0.2, 0.25) is 17.7 Å². The lowest BCUT2D eigenvalue weighted by atomic mass is 10.0. The number of carbonyl (C=O) groups is 5. The summed E-state index contributed by atoms with van der Waals surface area (Å²) in [5.74, 6) is -1.77. The van der Waals surface area contributed by atoms with Gasteiger partial charge in [0, 0.05) is 38.5 Å². The van der Waals surface area contributed by atoms with Crippen LogP contribution >= 0.6 is 0 Å². The number of phenols is 1. The first-order valence-corrected chi connectivity index (χ1v) is 17.1. The number of para-hydroxylation sites is 1. The molecule has 5 N–H and O–H groups in total. The second kappa shape index (κ2) is 15.7. The van der Waals surface area contributed by atoms with Gasteiger partial charge >= 0.3 is 0 Å². The number of fused-ring (bicyclic) bond motifs is 1. The summed E-state index contributed by atoms with van der Waals surface area (Å²) in [6, 6.07) is 20.4. The van der Waals surface area contributed by atoms with Crippen LogP contribution < -0.4 is 26.0 Å². The fourth-order valence-corrected chi connectivity index (χ4v) is 6.22. The van der Waals surface area contributed by atoms with Crippen LogP contribution in [0.4, 0.5) is 11.5 Å². The molecule has 1 aromatic heterocycles. The van der Waals surface area contributed by atoms with Crippen LogP contribution in [-0.4, -0.2) is 76.0 Å². The molecule has 2 aliphatic heterocycles. The average Bonchev–Trinajstić information content (AvgIpc) is 3.39. The van der Waals surface area contributed by atoms with Crippen LogP contribution in [0.5, 0.6) is 11.5 Å². The van der Waals surface area contributed by atoms with Gasteiger partial charge < -0.3 is 25.8 Å². The largest absolute Gasteiger partial charge is 0.507 e. The Kier molecular flexibility index (Phi) is 10.7. The molecule has 3 aromatic carbocycles. The molecule has 5 amide bonds. The maximum absolute atomic E-state index is 13.2. The van der Waals surface area contributed by atoms with Crippen LogP contribution in [0, 0.1) is 0 Å². The number of benzene rings is 3. The van der Waals surface area contributed by atoms with Gasteiger partial charge in [0.05, 0.1) is 29.1 Å². The molecule has 268 valence electrons. The normalized spacial score (nSPS) is 15.3. The summed E-state index contributed by atoms with van der Waals surface area (Å²) in [6.07, 6.45) is 2.24. The van der Waals surface area contributed by atoms with E-state index in [1.165, 1.54) is 6.07 Å². The molecule has 52 heavy (non-hydrogen) atoms. The van der Waals surface area contributed by atoms with Crippen molar-refractivity contribution in [1.29, 1.82) is 0 Å². The smallest absolute Gasteiger partial charge is 0.266 e. The minimum Gasteiger partial charge on any atom is -0.507 e. The van der Waals surface area contributed by atoms with Gasteiger partial charge in [0.15, 0.2) is 5.82 Å². The van der Waals surface area contributed by atoms with Crippen molar-refractivity contribution in [2.24, 2.45) is 0 Å². The fraction of sp³-hybridized carbons (Fsp3) is 0.289. The number of phenolic OH excluding ortho intramolecular Hbond substituents is 1. The minimum absolute atomic E-state index is 0.0414. The minimum atomic E-state index is -1.05. The predicted molar refractivity (Wildman–Crippen MR) is 191 cm³/mol. The first-order chi connectivity index (χ1) is 25.1. The van der Waals surface area contributed by atoms with E-state index in [-0.39, 0.29) is 48.0 Å². The number of nitrogens with two attached hydrogens (primary N) is 1. The Hall–Kier alpha value is -6.31. The predicted octanol–water partition coefficient (Wildman–Crippen LogP) is 3.38. The number of anilines is 2. The molecule has 0 spiro atoms. The van der Waals surface area contributed by atoms with Gasteiger partial charge in [-0.3, -0.25) is 34.2 Å². The van der Waals surface area contributed by atoms with E-state index in [9.17, 15) is 29.1 Å². The quantitative estimate of drug-likeness (QED) is 0.111. The molecular formula is C38H39N7O7. The van der Waals surface area contributed by atoms with Crippen LogP contribution in [0.2, 0.25) is 0 Å². The van der Waals surface area contributed by atoms with E-state index in [4.69, 9.17) is 10.5 Å². The van der Waals surface area contributed by atoms with Crippen molar-refractivity contribution in [2.45, 2.75) is 51.1 Å². The molecule has 0 saturated carbocycles. The summed E-state index contributed by atoms with van der Waals surface area (Å²) in [4.78, 5) is 65.5. The maximum atomic E-state index is 13.2. The molecule has 14 heteroatoms. The molecular weight excluding hydrogens is 666 g/mol. The average molecular weight is 706 g/mol. The SMILES string of the molecule is CN(CCc1ccc(CNC(=O)CCCCOc2cccc3c2C(=O)N(C2CCC(=O)NC2=O)C3=O)cc1)c1cc(-c2ccccc2O)nnc1N. The number of nitrogens with one attached hydrogen (secondary N) is 2. The van der Waals surface area contributed by atoms with Crippen LogP contribution in [-0.2, 0) is 27.3 Å². The van der Waals surface area contributed by atoms with E-state index >= 15 is 0 Å². The van der Waals surface area contributed by atoms with E-state index in [1.807, 2.05) is 48.3 Å². The molecule has 1 unspecified atom stereocenters. The van der Waals surface area contributed by atoms with Gasteiger partial charge in [0.1, 0.15) is 17.5 Å². The van der Waals surface area contributed by atoms with E-state index in [2.05, 4.69) is 20.8 Å². The van der Waals surface area contributed by atoms with Crippen molar-refractivity contribution < 1.29 is 33.8 Å². The van der Waals surface area contributed by atoms with Crippen LogP contribution in [0.3, 0.4) is 0 Å². The number of piperidine rings is 1. The van der Waals surface area contributed by atoms with Crippen LogP contribution in [0.25, 0.3) is 11.3 Å². The zero-order valence-corrected chi connectivity index (χ0v) is 28.6. The van der Waals surface area contributed by atoms with E-state index in [0.717, 1.165) is 22.4 Å². The van der Waals surface area contributed by atoms with Crippen LogP contribution in [0.15, 0.2) is 72.8 Å². The Balaban J connectivity index is 0.916. The molecule has 3 heterocycles. The van der Waals surface area contributed by atoms with Gasteiger partial charge in [0.25, 0.3) is 11.8 Å². The van der Waals surface area contributed by atoms with Crippen molar-refractivity contribution in [1.82, 2.24) is 25.7 Å². The highest BCUT2D eigenvalue weighted by atomic mass is 16.5. The Morgan fingerprint density at radius 1 is 0.981 bits per heavy atom. The van der Waals surface area contributed by atoms with Crippen molar-refractivity contribution in [3.05, 3.63) is 95.1 Å². The Labute approximate surface area is 300 Å². The number of aromatic hydroxyl groups is 1. The molecule has 6 rings (SSSR count). The number of carbonyl (C=O) groups excluding carboxylic acids is 5. The molecule has 2 aliphatic rings. The molecule has 0 radical (unpaired) electrons. The second-order valence-corrected chi connectivity index (χ2v) is 12.7. The lowest BCUT2D eigenvalue weighted by Gasteiger charge is -2.27. The van der Waals surface area contributed by atoms with E-state index in [1.54, 1.807) is 30.3 Å². The number of hydrogen-bond donors (Lipinski definition) is 4. The van der Waals surface area contributed by atoms with Gasteiger partial charge in [-0.15, -0.1) is 10.2 Å². The Morgan fingerprint density at radius 2 is 1.73 bits per heavy atom. The zero-order chi connectivity index (χ0) is 36.8. The molecule has 0 bridgehead atoms. The number of aromatic nitrogens is 2. The fourth-order valence-electron chi connectivity index (χ4n) is 6.22. The summed E-state index contributed by atoms with van der Waals surface area (Å²) in [5.41, 5.74) is 10.3. The summed E-state index contributed by atoms with van der Waals surface area (Å²) in [7, 11) is 1.92. The topological polar surface area (TPSA) is 197 Å². The second-order valence-electron chi connectivity index (χ2n) is 12.7. The molecule has 1 saturated heterocycles. The number of amides is 5. The van der Waals surface area contributed by atoms with Crippen molar-refractivity contribution >= 4 is 41.0 Å². The number of hydrogen-bond acceptors (Lipinski definition) is 11. The van der Waals surface area contributed by atoms with Crippen LogP contribution in [0.1, 0.15) is 63.9 Å². The van der Waals surface area contributed by atoms with Crippen molar-refractivity contribution in [3.63, 3.8) is 0 Å². The number of imide groups is 2. The molecule has 1 atom stereocenters. The summed E-state index contributed by atoms with van der Waals surface area (Å²) >= 11 is 0. The van der Waals surface area contributed by atoms with Crippen molar-refractivity contribution in [3.8, 4) is 22.8 Å². The third-order valence-electron chi connectivity index (χ3n) is 9.13. The lowest BCUT2D eigenvalue weighted by molar-refractivity contribution is -0.136. The first kappa shape index (κ1) is 35.5. The number of ether oxygens (including phenoxy) is 1. The standard InChI is InChI=1S/C38H39N7O7/c1-44(29-21-27(42-43-35(29)39)25-7-2-3-9-30(25)46)19-18-23-12-14-24(15-13-23)22-40-32(47)11-4-5-20-52-31-10-6-8-26-34(31)38(51)45(37(26)50)28-16-17-33(48)41-36(28)49/h2-3,6-10,12-15,21,28,46H,4-5,11,16-20,22H2,1H3,(H2,39,43)(H,40,47)(H,41,48,49). The molecule has 4 aromatic rings. The van der Waals surface area contributed by atoms with Gasteiger partial charge in [-0.2, -0.15) is 0 Å². The highest BCUT2D eigenvalue weighted by molar-refractivity contribution is 6.24. The maximum Gasteiger partial charge on any atom is 0.266 e. The number of nitrogen functional groups attached to an aromatic ring is 1. The third-order valence-corrected chi connectivity index (χ3v) is 9.13. The molecule has 0 aliphatic carbocycles. The Bertz CT molecular complexity index is 2020. The number of unbranched alkanes of at least 4 members (excludes halogenated alkanes) is 1. The van der Waals surface area contributed by atoms with E-state index in [0.29, 0.717) is 55.1 Å². The lowest BCUT2D eigenvalue weighted by Crippen LogP contribution is -2.54. The Morgan fingerprint density at radius 3 is 2.50 bits per heavy atom. The number of likely N-dealkylation sites (N-methyl/N-ethyl adjacent to an activating group) is 1. The molecule has 1 fully saturated rings. The van der Waals surface area contributed by atoms with Gasteiger partial charge in [-0.1, -0.05) is 42.5 Å². The number of nitrogens with zero attached hydrogens (tertiary/aromatic N) is 4. The van der Waals surface area contributed by atoms with Gasteiger partial charge in [-0.25, -0.2) is 0 Å². The van der Waals surface area contributed by atoms with Gasteiger partial charge in [-0.05, 0) is 67.1 Å². The van der Waals surface area contributed by atoms with E-state index < -0.39 is 29.7 Å². The highest BCUT2D eigenvalue weighted by Gasteiger charge is 2.46. The van der Waals surface area contributed by atoms with Crippen molar-refractivity contribution in [2.75, 3.05) is 30.8 Å². The zero-order valence-electron chi connectivity index (χ0n) is 28.6. The summed E-state index contributed by atoms with van der Waals surface area (Å²) in [5, 5.41) is 23.6. The highest BCUT2D eigenvalue weighted by Crippen LogP contribution is 2.34. The molecule has 14 nitrogen and oxygen atoms in total. The summed E-state index contributed by atoms with van der Waals surface area (Å²) < 4.78 is 5.85. The third kappa shape index (κ3) is 7.85. The monoisotopic (exact) mass is 705 g/mol. The number of rotatable bonds is 14. The first-order valence-electron chi connectivity index (χ1n) is 17.1.